The topological polar surface area (TPSA) is 111 Å². The number of benzene rings is 2. The molecule has 0 bridgehead atoms. The van der Waals surface area contributed by atoms with Gasteiger partial charge in [0.05, 0.1) is 34.7 Å². The molecule has 0 saturated heterocycles. The van der Waals surface area contributed by atoms with Gasteiger partial charge in [0, 0.05) is 30.5 Å². The summed E-state index contributed by atoms with van der Waals surface area (Å²) in [7, 11) is 0. The van der Waals surface area contributed by atoms with Crippen LogP contribution in [0.3, 0.4) is 0 Å². The number of nitrogens with one attached hydrogen (secondary N) is 1. The zero-order valence-corrected chi connectivity index (χ0v) is 21.7. The maximum atomic E-state index is 13.6. The molecule has 0 unspecified atom stereocenters. The number of aromatic nitrogens is 6. The van der Waals surface area contributed by atoms with Crippen LogP contribution in [0.2, 0.25) is 5.02 Å². The Morgan fingerprint density at radius 1 is 1.03 bits per heavy atom. The average Bonchev–Trinajstić information content (AvgIpc) is 3.63. The van der Waals surface area contributed by atoms with Crippen molar-refractivity contribution in [3.05, 3.63) is 107 Å². The third-order valence-electron chi connectivity index (χ3n) is 6.69. The first-order chi connectivity index (χ1) is 19.0. The van der Waals surface area contributed by atoms with Crippen LogP contribution in [0.4, 0.5) is 5.69 Å². The van der Waals surface area contributed by atoms with Gasteiger partial charge in [0.15, 0.2) is 0 Å². The van der Waals surface area contributed by atoms with Gasteiger partial charge in [-0.2, -0.15) is 5.10 Å². The Bertz CT molecular complexity index is 1700. The van der Waals surface area contributed by atoms with Gasteiger partial charge in [-0.1, -0.05) is 35.9 Å². The van der Waals surface area contributed by atoms with E-state index in [1.807, 2.05) is 35.8 Å². The van der Waals surface area contributed by atoms with Gasteiger partial charge < -0.3 is 14.8 Å². The van der Waals surface area contributed by atoms with E-state index in [4.69, 9.17) is 11.6 Å². The molecule has 5 aromatic rings. The molecular formula is C28H23ClN8O2. The number of hydrogen-bond donors (Lipinski definition) is 1. The molecule has 0 fully saturated rings. The molecule has 1 aliphatic heterocycles. The quantitative estimate of drug-likeness (QED) is 0.355. The van der Waals surface area contributed by atoms with Crippen LogP contribution in [0.25, 0.3) is 16.9 Å². The molecule has 3 aromatic heterocycles. The molecule has 0 spiro atoms. The summed E-state index contributed by atoms with van der Waals surface area (Å²) < 4.78 is 3.39. The summed E-state index contributed by atoms with van der Waals surface area (Å²) in [5.74, 6) is 0.205. The number of fused-ring (bicyclic) bond motifs is 1. The molecule has 1 aliphatic rings. The fourth-order valence-electron chi connectivity index (χ4n) is 4.71. The van der Waals surface area contributed by atoms with E-state index in [1.54, 1.807) is 52.4 Å². The lowest BCUT2D eigenvalue weighted by molar-refractivity contribution is 0.0707. The standard InChI is InChI=1S/C28H23ClN8O2/c1-18-5-2-3-6-20(18)26-21(7-4-10-31-26)28(39)35-11-12-36-24(14-32-25(36)15-35)27(38)34-19-8-9-23(22(29)13-19)37-17-30-16-33-37/h2-10,13-14,16-17H,11-12,15H2,1H3,(H,34,38). The third kappa shape index (κ3) is 4.66. The van der Waals surface area contributed by atoms with Gasteiger partial charge in [-0.05, 0) is 42.8 Å². The van der Waals surface area contributed by atoms with Crippen molar-refractivity contribution in [3.8, 4) is 16.9 Å². The number of anilines is 1. The number of carbonyl (C=O) groups is 2. The second kappa shape index (κ2) is 10.1. The second-order valence-electron chi connectivity index (χ2n) is 9.11. The van der Waals surface area contributed by atoms with E-state index in [2.05, 4.69) is 25.4 Å². The van der Waals surface area contributed by atoms with Crippen LogP contribution in [-0.2, 0) is 13.1 Å². The van der Waals surface area contributed by atoms with Gasteiger partial charge in [0.25, 0.3) is 11.8 Å². The van der Waals surface area contributed by atoms with Gasteiger partial charge >= 0.3 is 0 Å². The van der Waals surface area contributed by atoms with Gasteiger partial charge in [-0.25, -0.2) is 14.6 Å². The monoisotopic (exact) mass is 538 g/mol. The lowest BCUT2D eigenvalue weighted by Crippen LogP contribution is -2.39. The van der Waals surface area contributed by atoms with Crippen LogP contribution in [0, 0.1) is 6.92 Å². The molecule has 10 nitrogen and oxygen atoms in total. The first-order valence-electron chi connectivity index (χ1n) is 12.3. The molecular weight excluding hydrogens is 516 g/mol. The zero-order chi connectivity index (χ0) is 26.9. The van der Waals surface area contributed by atoms with Crippen molar-refractivity contribution in [2.24, 2.45) is 0 Å². The van der Waals surface area contributed by atoms with Gasteiger partial charge in [0.1, 0.15) is 24.2 Å². The van der Waals surface area contributed by atoms with Crippen LogP contribution < -0.4 is 5.32 Å². The first-order valence-corrected chi connectivity index (χ1v) is 12.7. The summed E-state index contributed by atoms with van der Waals surface area (Å²) in [5, 5.41) is 7.38. The van der Waals surface area contributed by atoms with Crippen LogP contribution in [-0.4, -0.2) is 52.6 Å². The number of halogens is 1. The number of carbonyl (C=O) groups excluding carboxylic acids is 2. The first kappa shape index (κ1) is 24.5. The van der Waals surface area contributed by atoms with Crippen molar-refractivity contribution < 1.29 is 9.59 Å². The molecule has 4 heterocycles. The maximum absolute atomic E-state index is 13.6. The maximum Gasteiger partial charge on any atom is 0.273 e. The van der Waals surface area contributed by atoms with Crippen molar-refractivity contribution in [1.82, 2.24) is 34.2 Å². The summed E-state index contributed by atoms with van der Waals surface area (Å²) >= 11 is 6.40. The van der Waals surface area contributed by atoms with Crippen molar-refractivity contribution in [1.29, 1.82) is 0 Å². The molecule has 0 radical (unpaired) electrons. The summed E-state index contributed by atoms with van der Waals surface area (Å²) in [6.07, 6.45) is 6.20. The molecule has 2 amide bonds. The zero-order valence-electron chi connectivity index (χ0n) is 21.0. The predicted octanol–water partition coefficient (Wildman–Crippen LogP) is 4.40. The Morgan fingerprint density at radius 3 is 2.69 bits per heavy atom. The van der Waals surface area contributed by atoms with Gasteiger partial charge in [0.2, 0.25) is 0 Å². The van der Waals surface area contributed by atoms with Crippen LogP contribution >= 0.6 is 11.6 Å². The number of amides is 2. The van der Waals surface area contributed by atoms with Crippen LogP contribution in [0.5, 0.6) is 0 Å². The van der Waals surface area contributed by atoms with E-state index < -0.39 is 0 Å². The van der Waals surface area contributed by atoms with Crippen LogP contribution in [0.1, 0.15) is 32.2 Å². The van der Waals surface area contributed by atoms with E-state index in [9.17, 15) is 9.59 Å². The highest BCUT2D eigenvalue weighted by Gasteiger charge is 2.28. The fourth-order valence-corrected chi connectivity index (χ4v) is 4.98. The van der Waals surface area contributed by atoms with Crippen molar-refractivity contribution >= 4 is 29.1 Å². The molecule has 0 aliphatic carbocycles. The summed E-state index contributed by atoms with van der Waals surface area (Å²) in [6, 6.07) is 16.6. The minimum atomic E-state index is -0.313. The molecule has 39 heavy (non-hydrogen) atoms. The summed E-state index contributed by atoms with van der Waals surface area (Å²) in [6.45, 7) is 3.16. The number of imidazole rings is 1. The van der Waals surface area contributed by atoms with E-state index >= 15 is 0 Å². The van der Waals surface area contributed by atoms with Crippen LogP contribution in [0.15, 0.2) is 79.6 Å². The number of pyridine rings is 1. The second-order valence-corrected chi connectivity index (χ2v) is 9.52. The third-order valence-corrected chi connectivity index (χ3v) is 7.00. The Morgan fingerprint density at radius 2 is 1.90 bits per heavy atom. The molecule has 194 valence electrons. The number of aryl methyl sites for hydroxylation is 1. The van der Waals surface area contributed by atoms with Crippen molar-refractivity contribution in [2.45, 2.75) is 20.0 Å². The SMILES string of the molecule is Cc1ccccc1-c1ncccc1C(=O)N1CCn2c(C(=O)Nc3ccc(-n4cncn4)c(Cl)c3)cnc2C1. The van der Waals surface area contributed by atoms with E-state index in [1.165, 1.54) is 12.5 Å². The normalized spacial score (nSPS) is 12.7. The summed E-state index contributed by atoms with van der Waals surface area (Å²) in [4.78, 5) is 41.3. The van der Waals surface area contributed by atoms with E-state index in [0.717, 1.165) is 11.1 Å². The minimum absolute atomic E-state index is 0.122. The largest absolute Gasteiger partial charge is 0.329 e. The predicted molar refractivity (Wildman–Crippen MR) is 146 cm³/mol. The molecule has 0 atom stereocenters. The summed E-state index contributed by atoms with van der Waals surface area (Å²) in [5.41, 5.74) is 4.77. The molecule has 2 aromatic carbocycles. The number of rotatable bonds is 5. The molecule has 6 rings (SSSR count). The van der Waals surface area contributed by atoms with Gasteiger partial charge in [-0.15, -0.1) is 0 Å². The molecule has 0 saturated carbocycles. The van der Waals surface area contributed by atoms with Crippen molar-refractivity contribution in [2.75, 3.05) is 11.9 Å². The fraction of sp³-hybridized carbons (Fsp3) is 0.143. The lowest BCUT2D eigenvalue weighted by Gasteiger charge is -2.29. The minimum Gasteiger partial charge on any atom is -0.329 e. The Labute approximate surface area is 228 Å². The highest BCUT2D eigenvalue weighted by atomic mass is 35.5. The van der Waals surface area contributed by atoms with Crippen molar-refractivity contribution in [3.63, 3.8) is 0 Å². The smallest absolute Gasteiger partial charge is 0.273 e. The van der Waals surface area contributed by atoms with Gasteiger partial charge in [-0.3, -0.25) is 14.6 Å². The highest BCUT2D eigenvalue weighted by Crippen LogP contribution is 2.27. The number of hydrogen-bond acceptors (Lipinski definition) is 6. The number of nitrogens with zero attached hydrogens (tertiary/aromatic N) is 7. The molecule has 11 heteroatoms. The average molecular weight is 539 g/mol. The molecule has 1 N–H and O–H groups in total. The highest BCUT2D eigenvalue weighted by molar-refractivity contribution is 6.32. The van der Waals surface area contributed by atoms with E-state index in [-0.39, 0.29) is 18.4 Å². The lowest BCUT2D eigenvalue weighted by atomic mass is 10.0. The Balaban J connectivity index is 1.19. The Kier molecular flexibility index (Phi) is 6.37. The Hall–Kier alpha value is -4.83. The van der Waals surface area contributed by atoms with E-state index in [0.29, 0.717) is 52.3 Å².